The standard InChI is InChI=1S/C23H34N4O2/c1-2-24-23(25-17-20-16-21(20)18-6-4-3-5-7-18)27-10-8-19(9-11-27)22(28)26-12-14-29-15-13-26/h3-7,19-21H,2,8-17H2,1H3,(H,24,25). The van der Waals surface area contributed by atoms with Gasteiger partial charge in [0.05, 0.1) is 13.2 Å². The molecule has 1 N–H and O–H groups in total. The Labute approximate surface area is 174 Å². The molecule has 1 aromatic rings. The SMILES string of the molecule is CCNC(=NCC1CC1c1ccccc1)N1CCC(C(=O)N2CCOCC2)CC1. The van der Waals surface area contributed by atoms with Crippen LogP contribution in [0.15, 0.2) is 35.3 Å². The van der Waals surface area contributed by atoms with Crippen LogP contribution in [-0.4, -0.2) is 74.1 Å². The second kappa shape index (κ2) is 9.61. The van der Waals surface area contributed by atoms with Gasteiger partial charge in [-0.15, -0.1) is 0 Å². The number of nitrogens with zero attached hydrogens (tertiary/aromatic N) is 3. The van der Waals surface area contributed by atoms with Crippen LogP contribution in [-0.2, 0) is 9.53 Å². The van der Waals surface area contributed by atoms with Gasteiger partial charge in [0.1, 0.15) is 0 Å². The third-order valence-electron chi connectivity index (χ3n) is 6.43. The second-order valence-corrected chi connectivity index (χ2v) is 8.41. The highest BCUT2D eigenvalue weighted by Crippen LogP contribution is 2.47. The van der Waals surface area contributed by atoms with Gasteiger partial charge in [0.25, 0.3) is 0 Å². The van der Waals surface area contributed by atoms with Crippen molar-refractivity contribution >= 4 is 11.9 Å². The molecular weight excluding hydrogens is 364 g/mol. The minimum absolute atomic E-state index is 0.151. The fourth-order valence-electron chi connectivity index (χ4n) is 4.57. The predicted molar refractivity (Wildman–Crippen MR) is 115 cm³/mol. The minimum Gasteiger partial charge on any atom is -0.378 e. The zero-order chi connectivity index (χ0) is 20.1. The van der Waals surface area contributed by atoms with E-state index in [1.165, 1.54) is 12.0 Å². The van der Waals surface area contributed by atoms with Gasteiger partial charge in [0.15, 0.2) is 5.96 Å². The van der Waals surface area contributed by atoms with Crippen LogP contribution < -0.4 is 5.32 Å². The highest BCUT2D eigenvalue weighted by Gasteiger charge is 2.38. The Morgan fingerprint density at radius 2 is 1.83 bits per heavy atom. The summed E-state index contributed by atoms with van der Waals surface area (Å²) in [6.45, 7) is 8.51. The maximum absolute atomic E-state index is 12.8. The number of rotatable bonds is 5. The fourth-order valence-corrected chi connectivity index (χ4v) is 4.57. The van der Waals surface area contributed by atoms with E-state index in [2.05, 4.69) is 47.5 Å². The second-order valence-electron chi connectivity index (χ2n) is 8.41. The molecule has 0 bridgehead atoms. The fraction of sp³-hybridized carbons (Fsp3) is 0.652. The third kappa shape index (κ3) is 5.10. The van der Waals surface area contributed by atoms with Crippen LogP contribution in [0.5, 0.6) is 0 Å². The largest absolute Gasteiger partial charge is 0.378 e. The van der Waals surface area contributed by atoms with Gasteiger partial charge in [0, 0.05) is 45.2 Å². The molecule has 0 spiro atoms. The number of ether oxygens (including phenoxy) is 1. The molecule has 29 heavy (non-hydrogen) atoms. The molecule has 2 atom stereocenters. The first kappa shape index (κ1) is 20.2. The van der Waals surface area contributed by atoms with Gasteiger partial charge >= 0.3 is 0 Å². The van der Waals surface area contributed by atoms with E-state index in [-0.39, 0.29) is 5.92 Å². The number of amides is 1. The smallest absolute Gasteiger partial charge is 0.225 e. The highest BCUT2D eigenvalue weighted by molar-refractivity contribution is 5.82. The van der Waals surface area contributed by atoms with E-state index in [4.69, 9.17) is 9.73 Å². The van der Waals surface area contributed by atoms with E-state index in [0.717, 1.165) is 58.1 Å². The van der Waals surface area contributed by atoms with Crippen molar-refractivity contribution in [3.8, 4) is 0 Å². The molecule has 6 heteroatoms. The Balaban J connectivity index is 1.28. The van der Waals surface area contributed by atoms with Crippen molar-refractivity contribution in [3.63, 3.8) is 0 Å². The van der Waals surface area contributed by atoms with E-state index >= 15 is 0 Å². The normalized spacial score (nSPS) is 25.8. The number of carbonyl (C=O) groups excluding carboxylic acids is 1. The number of guanidine groups is 1. The number of piperidine rings is 1. The molecule has 2 saturated heterocycles. The van der Waals surface area contributed by atoms with Gasteiger partial charge in [-0.3, -0.25) is 9.79 Å². The van der Waals surface area contributed by atoms with Crippen LogP contribution in [0.1, 0.15) is 37.7 Å². The Morgan fingerprint density at radius 3 is 2.52 bits per heavy atom. The van der Waals surface area contributed by atoms with E-state index in [9.17, 15) is 4.79 Å². The summed E-state index contributed by atoms with van der Waals surface area (Å²) in [5, 5.41) is 3.46. The van der Waals surface area contributed by atoms with Crippen molar-refractivity contribution in [3.05, 3.63) is 35.9 Å². The van der Waals surface area contributed by atoms with Crippen LogP contribution in [0.3, 0.4) is 0 Å². The summed E-state index contributed by atoms with van der Waals surface area (Å²) >= 11 is 0. The van der Waals surface area contributed by atoms with Crippen LogP contribution >= 0.6 is 0 Å². The van der Waals surface area contributed by atoms with Gasteiger partial charge in [-0.25, -0.2) is 0 Å². The number of likely N-dealkylation sites (tertiary alicyclic amines) is 1. The summed E-state index contributed by atoms with van der Waals surface area (Å²) in [6.07, 6.45) is 3.07. The number of hydrogen-bond donors (Lipinski definition) is 1. The van der Waals surface area contributed by atoms with Crippen molar-refractivity contribution in [2.75, 3.05) is 52.5 Å². The summed E-state index contributed by atoms with van der Waals surface area (Å²) in [4.78, 5) is 22.0. The maximum atomic E-state index is 12.8. The Kier molecular flexibility index (Phi) is 6.70. The average molecular weight is 399 g/mol. The van der Waals surface area contributed by atoms with Crippen LogP contribution in [0, 0.1) is 11.8 Å². The number of aliphatic imine (C=N–C) groups is 1. The molecule has 3 aliphatic rings. The van der Waals surface area contributed by atoms with E-state index in [1.807, 2.05) is 4.90 Å². The summed E-state index contributed by atoms with van der Waals surface area (Å²) in [7, 11) is 0. The number of nitrogens with one attached hydrogen (secondary N) is 1. The zero-order valence-electron chi connectivity index (χ0n) is 17.6. The molecule has 3 fully saturated rings. The lowest BCUT2D eigenvalue weighted by atomic mass is 9.95. The molecule has 1 aliphatic carbocycles. The molecular formula is C23H34N4O2. The van der Waals surface area contributed by atoms with Crippen LogP contribution in [0.2, 0.25) is 0 Å². The molecule has 0 aromatic heterocycles. The van der Waals surface area contributed by atoms with Crippen molar-refractivity contribution < 1.29 is 9.53 Å². The first-order valence-electron chi connectivity index (χ1n) is 11.2. The summed E-state index contributed by atoms with van der Waals surface area (Å²) in [6, 6.07) is 10.8. The number of hydrogen-bond acceptors (Lipinski definition) is 3. The Morgan fingerprint density at radius 1 is 1.10 bits per heavy atom. The van der Waals surface area contributed by atoms with Crippen molar-refractivity contribution in [2.45, 2.75) is 32.1 Å². The molecule has 4 rings (SSSR count). The maximum Gasteiger partial charge on any atom is 0.225 e. The predicted octanol–water partition coefficient (Wildman–Crippen LogP) is 2.33. The summed E-state index contributed by atoms with van der Waals surface area (Å²) in [5.41, 5.74) is 1.44. The first-order chi connectivity index (χ1) is 14.3. The van der Waals surface area contributed by atoms with Crippen LogP contribution in [0.4, 0.5) is 0 Å². The third-order valence-corrected chi connectivity index (χ3v) is 6.43. The first-order valence-corrected chi connectivity index (χ1v) is 11.2. The molecule has 2 heterocycles. The van der Waals surface area contributed by atoms with Gasteiger partial charge in [-0.2, -0.15) is 0 Å². The molecule has 1 saturated carbocycles. The van der Waals surface area contributed by atoms with Crippen LogP contribution in [0.25, 0.3) is 0 Å². The molecule has 2 unspecified atom stereocenters. The van der Waals surface area contributed by atoms with Crippen molar-refractivity contribution in [2.24, 2.45) is 16.8 Å². The van der Waals surface area contributed by atoms with E-state index < -0.39 is 0 Å². The van der Waals surface area contributed by atoms with Crippen molar-refractivity contribution in [1.82, 2.24) is 15.1 Å². The van der Waals surface area contributed by atoms with Gasteiger partial charge < -0.3 is 19.9 Å². The van der Waals surface area contributed by atoms with Gasteiger partial charge in [-0.1, -0.05) is 30.3 Å². The molecule has 1 amide bonds. The zero-order valence-corrected chi connectivity index (χ0v) is 17.6. The lowest BCUT2D eigenvalue weighted by molar-refractivity contribution is -0.140. The van der Waals surface area contributed by atoms with Gasteiger partial charge in [0.2, 0.25) is 5.91 Å². The Bertz CT molecular complexity index is 694. The topological polar surface area (TPSA) is 57.2 Å². The number of morpholine rings is 1. The summed E-state index contributed by atoms with van der Waals surface area (Å²) < 4.78 is 5.37. The number of benzene rings is 1. The lowest BCUT2D eigenvalue weighted by Gasteiger charge is -2.36. The monoisotopic (exact) mass is 398 g/mol. The molecule has 6 nitrogen and oxygen atoms in total. The lowest BCUT2D eigenvalue weighted by Crippen LogP contribution is -2.50. The molecule has 2 aliphatic heterocycles. The molecule has 158 valence electrons. The quantitative estimate of drug-likeness (QED) is 0.611. The van der Waals surface area contributed by atoms with Crippen molar-refractivity contribution in [1.29, 1.82) is 0 Å². The molecule has 1 aromatic carbocycles. The Hall–Kier alpha value is -2.08. The molecule has 0 radical (unpaired) electrons. The average Bonchev–Trinajstić information content (AvgIpc) is 3.57. The summed E-state index contributed by atoms with van der Waals surface area (Å²) in [5.74, 6) is 2.81. The number of carbonyl (C=O) groups is 1. The van der Waals surface area contributed by atoms with Gasteiger partial charge in [-0.05, 0) is 43.6 Å². The van der Waals surface area contributed by atoms with E-state index in [0.29, 0.717) is 31.0 Å². The minimum atomic E-state index is 0.151. The van der Waals surface area contributed by atoms with E-state index in [1.54, 1.807) is 0 Å². The highest BCUT2D eigenvalue weighted by atomic mass is 16.5.